The summed E-state index contributed by atoms with van der Waals surface area (Å²) in [5, 5.41) is 2.95. The summed E-state index contributed by atoms with van der Waals surface area (Å²) in [6.07, 6.45) is 0. The number of carbonyl (C=O) groups excluding carboxylic acids is 1. The van der Waals surface area contributed by atoms with Crippen molar-refractivity contribution in [3.05, 3.63) is 65.7 Å². The van der Waals surface area contributed by atoms with Gasteiger partial charge >= 0.3 is 6.03 Å². The highest BCUT2D eigenvalue weighted by Gasteiger charge is 2.18. The predicted octanol–water partition coefficient (Wildman–Crippen LogP) is 3.12. The van der Waals surface area contributed by atoms with Crippen LogP contribution in [0.3, 0.4) is 0 Å². The van der Waals surface area contributed by atoms with Gasteiger partial charge in [-0.05, 0) is 19.1 Å². The molecule has 24 heavy (non-hydrogen) atoms. The Morgan fingerprint density at radius 2 is 1.71 bits per heavy atom. The number of morpholine rings is 1. The SMILES string of the molecule is Cc1ccc(N=C(NC(=O)N2CCOCC2)c2ccccc2)cc1. The largest absolute Gasteiger partial charge is 0.378 e. The lowest BCUT2D eigenvalue weighted by Gasteiger charge is -2.27. The Morgan fingerprint density at radius 1 is 1.04 bits per heavy atom. The van der Waals surface area contributed by atoms with Crippen molar-refractivity contribution in [2.75, 3.05) is 26.3 Å². The van der Waals surface area contributed by atoms with E-state index in [1.54, 1.807) is 4.90 Å². The maximum Gasteiger partial charge on any atom is 0.323 e. The summed E-state index contributed by atoms with van der Waals surface area (Å²) in [6, 6.07) is 17.4. The molecular formula is C19H21N3O2. The minimum atomic E-state index is -0.145. The zero-order chi connectivity index (χ0) is 16.8. The van der Waals surface area contributed by atoms with Crippen LogP contribution in [0, 0.1) is 6.92 Å². The molecule has 0 aliphatic carbocycles. The molecule has 1 saturated heterocycles. The number of benzene rings is 2. The number of urea groups is 1. The van der Waals surface area contributed by atoms with Crippen molar-refractivity contribution >= 4 is 17.6 Å². The molecule has 0 bridgehead atoms. The first-order valence-electron chi connectivity index (χ1n) is 8.07. The van der Waals surface area contributed by atoms with E-state index in [0.717, 1.165) is 11.3 Å². The van der Waals surface area contributed by atoms with Gasteiger partial charge in [0.05, 0.1) is 18.9 Å². The highest BCUT2D eigenvalue weighted by atomic mass is 16.5. The smallest absolute Gasteiger partial charge is 0.323 e. The lowest BCUT2D eigenvalue weighted by Crippen LogP contribution is -2.48. The van der Waals surface area contributed by atoms with E-state index in [-0.39, 0.29) is 6.03 Å². The summed E-state index contributed by atoms with van der Waals surface area (Å²) < 4.78 is 5.29. The molecule has 0 atom stereocenters. The third-order valence-electron chi connectivity index (χ3n) is 3.85. The van der Waals surface area contributed by atoms with E-state index >= 15 is 0 Å². The zero-order valence-electron chi connectivity index (χ0n) is 13.7. The van der Waals surface area contributed by atoms with E-state index in [9.17, 15) is 4.79 Å². The normalized spacial score (nSPS) is 15.2. The number of nitrogens with one attached hydrogen (secondary N) is 1. The Bertz CT molecular complexity index is 705. The molecule has 5 heteroatoms. The molecule has 2 aromatic carbocycles. The molecule has 2 aromatic rings. The molecule has 1 aliphatic heterocycles. The van der Waals surface area contributed by atoms with Gasteiger partial charge in [-0.15, -0.1) is 0 Å². The number of rotatable bonds is 2. The Hall–Kier alpha value is -2.66. The third-order valence-corrected chi connectivity index (χ3v) is 3.85. The van der Waals surface area contributed by atoms with Crippen LogP contribution >= 0.6 is 0 Å². The topological polar surface area (TPSA) is 53.9 Å². The minimum Gasteiger partial charge on any atom is -0.378 e. The zero-order valence-corrected chi connectivity index (χ0v) is 13.7. The number of ether oxygens (including phenoxy) is 1. The number of aryl methyl sites for hydroxylation is 1. The first-order chi connectivity index (χ1) is 11.7. The van der Waals surface area contributed by atoms with Crippen molar-refractivity contribution in [1.82, 2.24) is 10.2 Å². The molecule has 1 heterocycles. The molecule has 1 N–H and O–H groups in total. The number of amidine groups is 1. The van der Waals surface area contributed by atoms with Gasteiger partial charge in [0.2, 0.25) is 0 Å². The summed E-state index contributed by atoms with van der Waals surface area (Å²) in [6.45, 7) is 4.37. The lowest BCUT2D eigenvalue weighted by molar-refractivity contribution is 0.0543. The van der Waals surface area contributed by atoms with Gasteiger partial charge in [0.1, 0.15) is 5.84 Å². The van der Waals surface area contributed by atoms with E-state index in [1.807, 2.05) is 61.5 Å². The molecule has 2 amide bonds. The van der Waals surface area contributed by atoms with Crippen LogP contribution in [0.2, 0.25) is 0 Å². The second-order valence-corrected chi connectivity index (χ2v) is 5.69. The molecule has 124 valence electrons. The maximum atomic E-state index is 12.5. The Kier molecular flexibility index (Phi) is 5.23. The maximum absolute atomic E-state index is 12.5. The van der Waals surface area contributed by atoms with Crippen molar-refractivity contribution in [1.29, 1.82) is 0 Å². The second-order valence-electron chi connectivity index (χ2n) is 5.69. The number of nitrogens with zero attached hydrogens (tertiary/aromatic N) is 2. The molecule has 1 fully saturated rings. The number of hydrogen-bond acceptors (Lipinski definition) is 3. The highest BCUT2D eigenvalue weighted by molar-refractivity contribution is 6.08. The molecule has 3 rings (SSSR count). The van der Waals surface area contributed by atoms with Gasteiger partial charge in [0, 0.05) is 18.7 Å². The van der Waals surface area contributed by atoms with Gasteiger partial charge in [-0.2, -0.15) is 0 Å². The van der Waals surface area contributed by atoms with E-state index in [0.29, 0.717) is 32.1 Å². The van der Waals surface area contributed by atoms with Crippen molar-refractivity contribution in [2.45, 2.75) is 6.92 Å². The number of hydrogen-bond donors (Lipinski definition) is 1. The van der Waals surface area contributed by atoms with Gasteiger partial charge in [0.15, 0.2) is 0 Å². The van der Waals surface area contributed by atoms with Crippen molar-refractivity contribution in [3.8, 4) is 0 Å². The quantitative estimate of drug-likeness (QED) is 0.682. The minimum absolute atomic E-state index is 0.145. The van der Waals surface area contributed by atoms with E-state index < -0.39 is 0 Å². The summed E-state index contributed by atoms with van der Waals surface area (Å²) in [5.41, 5.74) is 2.86. The van der Waals surface area contributed by atoms with Crippen LogP contribution in [-0.2, 0) is 4.74 Å². The Morgan fingerprint density at radius 3 is 2.38 bits per heavy atom. The fourth-order valence-corrected chi connectivity index (χ4v) is 2.46. The van der Waals surface area contributed by atoms with Gasteiger partial charge < -0.3 is 9.64 Å². The van der Waals surface area contributed by atoms with Crippen molar-refractivity contribution < 1.29 is 9.53 Å². The molecule has 0 aromatic heterocycles. The van der Waals surface area contributed by atoms with Gasteiger partial charge in [-0.1, -0.05) is 48.0 Å². The molecule has 0 spiro atoms. The average molecular weight is 323 g/mol. The summed E-state index contributed by atoms with van der Waals surface area (Å²) >= 11 is 0. The van der Waals surface area contributed by atoms with Crippen LogP contribution in [-0.4, -0.2) is 43.1 Å². The summed E-state index contributed by atoms with van der Waals surface area (Å²) in [4.78, 5) is 18.9. The van der Waals surface area contributed by atoms with Gasteiger partial charge in [-0.3, -0.25) is 5.32 Å². The average Bonchev–Trinajstić information content (AvgIpc) is 2.64. The fraction of sp³-hybridized carbons (Fsp3) is 0.263. The van der Waals surface area contributed by atoms with Crippen LogP contribution in [0.5, 0.6) is 0 Å². The first-order valence-corrected chi connectivity index (χ1v) is 8.07. The van der Waals surface area contributed by atoms with E-state index in [2.05, 4.69) is 10.3 Å². The van der Waals surface area contributed by atoms with Gasteiger partial charge in [-0.25, -0.2) is 9.79 Å². The Labute approximate surface area is 142 Å². The first kappa shape index (κ1) is 16.2. The van der Waals surface area contributed by atoms with Crippen LogP contribution in [0.15, 0.2) is 59.6 Å². The van der Waals surface area contributed by atoms with Crippen LogP contribution in [0.25, 0.3) is 0 Å². The molecule has 0 saturated carbocycles. The Balaban J connectivity index is 1.84. The summed E-state index contributed by atoms with van der Waals surface area (Å²) in [5.74, 6) is 0.552. The fourth-order valence-electron chi connectivity index (χ4n) is 2.46. The van der Waals surface area contributed by atoms with Gasteiger partial charge in [0.25, 0.3) is 0 Å². The number of carbonyl (C=O) groups is 1. The van der Waals surface area contributed by atoms with Crippen molar-refractivity contribution in [2.24, 2.45) is 4.99 Å². The highest BCUT2D eigenvalue weighted by Crippen LogP contribution is 2.14. The van der Waals surface area contributed by atoms with Crippen LogP contribution < -0.4 is 5.32 Å². The van der Waals surface area contributed by atoms with Crippen LogP contribution in [0.4, 0.5) is 10.5 Å². The standard InChI is InChI=1S/C19H21N3O2/c1-15-7-9-17(10-8-15)20-18(16-5-3-2-4-6-16)21-19(23)22-11-13-24-14-12-22/h2-10H,11-14H2,1H3,(H,20,21,23). The van der Waals surface area contributed by atoms with E-state index in [4.69, 9.17) is 4.74 Å². The number of aliphatic imine (C=N–C) groups is 1. The van der Waals surface area contributed by atoms with E-state index in [1.165, 1.54) is 5.56 Å². The van der Waals surface area contributed by atoms with Crippen LogP contribution in [0.1, 0.15) is 11.1 Å². The predicted molar refractivity (Wildman–Crippen MR) is 94.7 cm³/mol. The number of amides is 2. The molecule has 0 radical (unpaired) electrons. The van der Waals surface area contributed by atoms with Crippen molar-refractivity contribution in [3.63, 3.8) is 0 Å². The lowest BCUT2D eigenvalue weighted by atomic mass is 10.2. The molecule has 1 aliphatic rings. The molecular weight excluding hydrogens is 302 g/mol. The monoisotopic (exact) mass is 323 g/mol. The second kappa shape index (κ2) is 7.75. The molecule has 5 nitrogen and oxygen atoms in total. The third kappa shape index (κ3) is 4.20. The molecule has 0 unspecified atom stereocenters. The summed E-state index contributed by atoms with van der Waals surface area (Å²) in [7, 11) is 0.